The molecular formula is C20H13N3O3S. The standard InChI is InChI=1S/C20H13N3O3S/c21-10-12-5-7-13(8-6-12)16-11-27-20(22-16)23-18(24)17-9-14-3-1-2-4-15(14)19(25)26-17/h1-8,11,17H,9H2,(H,22,23,24)/t17-/m0/s1. The van der Waals surface area contributed by atoms with Crippen LogP contribution in [0, 0.1) is 11.3 Å². The summed E-state index contributed by atoms with van der Waals surface area (Å²) in [5, 5.41) is 13.8. The second-order valence-electron chi connectivity index (χ2n) is 5.97. The SMILES string of the molecule is N#Cc1ccc(-c2csc(NC(=O)[C@@H]3Cc4ccccc4C(=O)O3)n2)cc1. The van der Waals surface area contributed by atoms with Crippen molar-refractivity contribution >= 4 is 28.3 Å². The van der Waals surface area contributed by atoms with Gasteiger partial charge in [0.1, 0.15) is 0 Å². The third-order valence-corrected chi connectivity index (χ3v) is 4.99. The second-order valence-corrected chi connectivity index (χ2v) is 6.83. The number of nitrogens with one attached hydrogen (secondary N) is 1. The monoisotopic (exact) mass is 375 g/mol. The van der Waals surface area contributed by atoms with Gasteiger partial charge in [-0.25, -0.2) is 9.78 Å². The zero-order valence-electron chi connectivity index (χ0n) is 14.0. The molecule has 1 aromatic heterocycles. The number of aromatic nitrogens is 1. The molecule has 2 aromatic carbocycles. The molecule has 0 spiro atoms. The van der Waals surface area contributed by atoms with Crippen molar-refractivity contribution in [1.29, 1.82) is 5.26 Å². The number of thiazole rings is 1. The Hall–Kier alpha value is -3.50. The number of rotatable bonds is 3. The molecule has 1 N–H and O–H groups in total. The third kappa shape index (κ3) is 3.43. The minimum atomic E-state index is -0.880. The maximum absolute atomic E-state index is 12.5. The first-order valence-electron chi connectivity index (χ1n) is 8.20. The predicted molar refractivity (Wildman–Crippen MR) is 100 cm³/mol. The number of ether oxygens (including phenoxy) is 1. The molecular weight excluding hydrogens is 362 g/mol. The Labute approximate surface area is 159 Å². The van der Waals surface area contributed by atoms with Crippen LogP contribution in [-0.2, 0) is 16.0 Å². The van der Waals surface area contributed by atoms with Gasteiger partial charge in [0.25, 0.3) is 5.91 Å². The Morgan fingerprint density at radius 2 is 2.00 bits per heavy atom. The fraction of sp³-hybridized carbons (Fsp3) is 0.100. The average molecular weight is 375 g/mol. The van der Waals surface area contributed by atoms with Crippen LogP contribution in [0.2, 0.25) is 0 Å². The van der Waals surface area contributed by atoms with Gasteiger partial charge in [-0.3, -0.25) is 10.1 Å². The Balaban J connectivity index is 1.47. The van der Waals surface area contributed by atoms with Crippen molar-refractivity contribution in [2.24, 2.45) is 0 Å². The fourth-order valence-electron chi connectivity index (χ4n) is 2.84. The summed E-state index contributed by atoms with van der Waals surface area (Å²) < 4.78 is 5.26. The number of hydrogen-bond donors (Lipinski definition) is 1. The van der Waals surface area contributed by atoms with E-state index in [9.17, 15) is 9.59 Å². The number of amides is 1. The van der Waals surface area contributed by atoms with Crippen molar-refractivity contribution in [1.82, 2.24) is 4.98 Å². The molecule has 1 atom stereocenters. The molecule has 0 bridgehead atoms. The average Bonchev–Trinajstić information content (AvgIpc) is 3.16. The lowest BCUT2D eigenvalue weighted by molar-refractivity contribution is -0.125. The van der Waals surface area contributed by atoms with E-state index in [1.807, 2.05) is 17.5 Å². The van der Waals surface area contributed by atoms with Gasteiger partial charge in [0, 0.05) is 17.4 Å². The fourth-order valence-corrected chi connectivity index (χ4v) is 3.57. The number of nitrogens with zero attached hydrogens (tertiary/aromatic N) is 2. The van der Waals surface area contributed by atoms with E-state index in [2.05, 4.69) is 16.4 Å². The third-order valence-electron chi connectivity index (χ3n) is 4.23. The van der Waals surface area contributed by atoms with Gasteiger partial charge >= 0.3 is 5.97 Å². The molecule has 4 rings (SSSR count). The number of fused-ring (bicyclic) bond motifs is 1. The largest absolute Gasteiger partial charge is 0.448 e. The summed E-state index contributed by atoms with van der Waals surface area (Å²) in [5.41, 5.74) is 3.42. The molecule has 0 fully saturated rings. The Morgan fingerprint density at radius 3 is 2.78 bits per heavy atom. The quantitative estimate of drug-likeness (QED) is 0.708. The highest BCUT2D eigenvalue weighted by Crippen LogP contribution is 2.26. The molecule has 132 valence electrons. The summed E-state index contributed by atoms with van der Waals surface area (Å²) >= 11 is 1.28. The molecule has 1 amide bonds. The van der Waals surface area contributed by atoms with Crippen LogP contribution in [-0.4, -0.2) is 23.0 Å². The van der Waals surface area contributed by atoms with Crippen molar-refractivity contribution in [2.45, 2.75) is 12.5 Å². The van der Waals surface area contributed by atoms with Gasteiger partial charge < -0.3 is 4.74 Å². The van der Waals surface area contributed by atoms with Crippen molar-refractivity contribution in [3.05, 3.63) is 70.6 Å². The predicted octanol–water partition coefficient (Wildman–Crippen LogP) is 3.40. The molecule has 0 aliphatic carbocycles. The molecule has 0 unspecified atom stereocenters. The smallest absolute Gasteiger partial charge is 0.339 e. The number of carbonyl (C=O) groups is 2. The van der Waals surface area contributed by atoms with Gasteiger partial charge in [0.15, 0.2) is 11.2 Å². The van der Waals surface area contributed by atoms with Crippen LogP contribution in [0.15, 0.2) is 53.9 Å². The topological polar surface area (TPSA) is 92.1 Å². The zero-order chi connectivity index (χ0) is 18.8. The van der Waals surface area contributed by atoms with Crippen molar-refractivity contribution in [3.8, 4) is 17.3 Å². The summed E-state index contributed by atoms with van der Waals surface area (Å²) in [6, 6.07) is 16.2. The highest BCUT2D eigenvalue weighted by atomic mass is 32.1. The van der Waals surface area contributed by atoms with Gasteiger partial charge in [0.05, 0.1) is 22.9 Å². The molecule has 1 aliphatic rings. The lowest BCUT2D eigenvalue weighted by Crippen LogP contribution is -2.37. The van der Waals surface area contributed by atoms with E-state index < -0.39 is 18.0 Å². The van der Waals surface area contributed by atoms with Crippen LogP contribution >= 0.6 is 11.3 Å². The number of esters is 1. The molecule has 1 aliphatic heterocycles. The summed E-state index contributed by atoms with van der Waals surface area (Å²) in [4.78, 5) is 28.9. The van der Waals surface area contributed by atoms with E-state index in [0.717, 1.165) is 11.1 Å². The van der Waals surface area contributed by atoms with Crippen LogP contribution in [0.3, 0.4) is 0 Å². The second kappa shape index (κ2) is 7.02. The molecule has 6 nitrogen and oxygen atoms in total. The number of hydrogen-bond acceptors (Lipinski definition) is 6. The van der Waals surface area contributed by atoms with E-state index in [1.165, 1.54) is 11.3 Å². The van der Waals surface area contributed by atoms with E-state index in [-0.39, 0.29) is 0 Å². The molecule has 2 heterocycles. The van der Waals surface area contributed by atoms with Crippen molar-refractivity contribution in [2.75, 3.05) is 5.32 Å². The first-order chi connectivity index (χ1) is 13.1. The molecule has 0 radical (unpaired) electrons. The summed E-state index contributed by atoms with van der Waals surface area (Å²) in [6.07, 6.45) is -0.545. The minimum Gasteiger partial charge on any atom is -0.448 e. The van der Waals surface area contributed by atoms with Crippen LogP contribution in [0.25, 0.3) is 11.3 Å². The van der Waals surface area contributed by atoms with Gasteiger partial charge in [-0.15, -0.1) is 11.3 Å². The number of carbonyl (C=O) groups excluding carboxylic acids is 2. The van der Waals surface area contributed by atoms with Crippen LogP contribution in [0.1, 0.15) is 21.5 Å². The van der Waals surface area contributed by atoms with Gasteiger partial charge in [-0.2, -0.15) is 5.26 Å². The molecule has 7 heteroatoms. The number of benzene rings is 2. The molecule has 3 aromatic rings. The maximum Gasteiger partial charge on any atom is 0.339 e. The maximum atomic E-state index is 12.5. The Morgan fingerprint density at radius 1 is 1.22 bits per heavy atom. The highest BCUT2D eigenvalue weighted by Gasteiger charge is 2.31. The van der Waals surface area contributed by atoms with Gasteiger partial charge in [0.2, 0.25) is 0 Å². The van der Waals surface area contributed by atoms with E-state index in [0.29, 0.717) is 28.4 Å². The number of cyclic esters (lactones) is 1. The van der Waals surface area contributed by atoms with Gasteiger partial charge in [-0.05, 0) is 23.8 Å². The summed E-state index contributed by atoms with van der Waals surface area (Å²) in [7, 11) is 0. The highest BCUT2D eigenvalue weighted by molar-refractivity contribution is 7.14. The van der Waals surface area contributed by atoms with Crippen LogP contribution in [0.4, 0.5) is 5.13 Å². The minimum absolute atomic E-state index is 0.335. The lowest BCUT2D eigenvalue weighted by atomic mass is 9.98. The molecule has 0 saturated heterocycles. The number of nitriles is 1. The first-order valence-corrected chi connectivity index (χ1v) is 9.08. The normalized spacial score (nSPS) is 15.4. The van der Waals surface area contributed by atoms with Crippen LogP contribution < -0.4 is 5.32 Å². The Bertz CT molecular complexity index is 1070. The lowest BCUT2D eigenvalue weighted by Gasteiger charge is -2.23. The molecule has 27 heavy (non-hydrogen) atoms. The van der Waals surface area contributed by atoms with E-state index in [1.54, 1.807) is 36.4 Å². The van der Waals surface area contributed by atoms with E-state index >= 15 is 0 Å². The van der Waals surface area contributed by atoms with E-state index in [4.69, 9.17) is 10.00 Å². The van der Waals surface area contributed by atoms with Crippen molar-refractivity contribution in [3.63, 3.8) is 0 Å². The summed E-state index contributed by atoms with van der Waals surface area (Å²) in [6.45, 7) is 0. The van der Waals surface area contributed by atoms with Crippen LogP contribution in [0.5, 0.6) is 0 Å². The summed E-state index contributed by atoms with van der Waals surface area (Å²) in [5.74, 6) is -0.895. The number of anilines is 1. The van der Waals surface area contributed by atoms with Crippen molar-refractivity contribution < 1.29 is 14.3 Å². The molecule has 0 saturated carbocycles. The first kappa shape index (κ1) is 16.9. The zero-order valence-corrected chi connectivity index (χ0v) is 14.8. The van der Waals surface area contributed by atoms with Gasteiger partial charge in [-0.1, -0.05) is 30.3 Å². The Kier molecular flexibility index (Phi) is 4.40.